The van der Waals surface area contributed by atoms with Crippen molar-refractivity contribution in [3.05, 3.63) is 99.3 Å². The lowest BCUT2D eigenvalue weighted by molar-refractivity contribution is 0.101. The van der Waals surface area contributed by atoms with Gasteiger partial charge in [0.2, 0.25) is 5.78 Å². The first-order chi connectivity index (χ1) is 13.5. The molecule has 3 nitrogen and oxygen atoms in total. The van der Waals surface area contributed by atoms with E-state index in [1.54, 1.807) is 12.1 Å². The summed E-state index contributed by atoms with van der Waals surface area (Å²) in [4.78, 5) is 12.7. The Balaban J connectivity index is 1.60. The van der Waals surface area contributed by atoms with Gasteiger partial charge in [-0.15, -0.1) is 0 Å². The normalized spacial score (nSPS) is 14.1. The fraction of sp³-hybridized carbons (Fsp3) is 0.125. The summed E-state index contributed by atoms with van der Waals surface area (Å²) in [7, 11) is 0. The molecule has 4 rings (SSSR count). The van der Waals surface area contributed by atoms with Gasteiger partial charge < -0.3 is 9.47 Å². The van der Waals surface area contributed by atoms with E-state index in [0.717, 1.165) is 22.3 Å². The average molecular weight is 391 g/mol. The summed E-state index contributed by atoms with van der Waals surface area (Å²) in [5.41, 5.74) is 4.31. The van der Waals surface area contributed by atoms with Crippen molar-refractivity contribution in [3.63, 3.8) is 0 Å². The lowest BCUT2D eigenvalue weighted by Crippen LogP contribution is -1.99. The third kappa shape index (κ3) is 3.41. The van der Waals surface area contributed by atoms with Crippen molar-refractivity contribution >= 4 is 23.5 Å². The van der Waals surface area contributed by atoms with Crippen LogP contribution in [0.2, 0.25) is 5.02 Å². The minimum atomic E-state index is -0.112. The SMILES string of the molecule is Cc1ccccc1/C=C1\Oc2c(ccc(OCc3ccccc3Cl)c2C)C1=O. The highest BCUT2D eigenvalue weighted by atomic mass is 35.5. The Bertz CT molecular complexity index is 1100. The van der Waals surface area contributed by atoms with Crippen LogP contribution >= 0.6 is 11.6 Å². The van der Waals surface area contributed by atoms with Crippen molar-refractivity contribution in [1.82, 2.24) is 0 Å². The number of fused-ring (bicyclic) bond motifs is 1. The Morgan fingerprint density at radius 2 is 1.75 bits per heavy atom. The van der Waals surface area contributed by atoms with Crippen LogP contribution in [-0.2, 0) is 6.61 Å². The molecule has 0 atom stereocenters. The molecular weight excluding hydrogens is 372 g/mol. The van der Waals surface area contributed by atoms with Crippen LogP contribution in [0.25, 0.3) is 6.08 Å². The summed E-state index contributed by atoms with van der Waals surface area (Å²) >= 11 is 6.20. The Morgan fingerprint density at radius 3 is 2.54 bits per heavy atom. The predicted octanol–water partition coefficient (Wildman–Crippen LogP) is 6.15. The molecule has 0 saturated heterocycles. The van der Waals surface area contributed by atoms with E-state index in [9.17, 15) is 4.79 Å². The maximum Gasteiger partial charge on any atom is 0.231 e. The van der Waals surface area contributed by atoms with E-state index in [2.05, 4.69) is 0 Å². The molecule has 0 radical (unpaired) electrons. The summed E-state index contributed by atoms with van der Waals surface area (Å²) in [6, 6.07) is 19.0. The van der Waals surface area contributed by atoms with Crippen LogP contribution in [0.3, 0.4) is 0 Å². The highest BCUT2D eigenvalue weighted by Gasteiger charge is 2.30. The molecule has 0 aliphatic carbocycles. The zero-order valence-electron chi connectivity index (χ0n) is 15.7. The molecule has 1 heterocycles. The van der Waals surface area contributed by atoms with Crippen molar-refractivity contribution in [2.75, 3.05) is 0 Å². The van der Waals surface area contributed by atoms with Gasteiger partial charge in [0.1, 0.15) is 18.1 Å². The predicted molar refractivity (Wildman–Crippen MR) is 111 cm³/mol. The van der Waals surface area contributed by atoms with Crippen LogP contribution in [-0.4, -0.2) is 5.78 Å². The molecule has 140 valence electrons. The van der Waals surface area contributed by atoms with Gasteiger partial charge in [-0.3, -0.25) is 4.79 Å². The standard InChI is InChI=1S/C24H19ClO3/c1-15-7-3-4-8-17(15)13-22-23(26)19-11-12-21(16(2)24(19)28-22)27-14-18-9-5-6-10-20(18)25/h3-13H,14H2,1-2H3/b22-13-. The van der Waals surface area contributed by atoms with Gasteiger partial charge in [-0.05, 0) is 49.2 Å². The van der Waals surface area contributed by atoms with Crippen molar-refractivity contribution in [1.29, 1.82) is 0 Å². The Kier molecular flexibility index (Phi) is 4.93. The smallest absolute Gasteiger partial charge is 0.231 e. The van der Waals surface area contributed by atoms with Gasteiger partial charge in [-0.1, -0.05) is 54.1 Å². The van der Waals surface area contributed by atoms with Crippen LogP contribution < -0.4 is 9.47 Å². The number of allylic oxidation sites excluding steroid dienone is 1. The minimum Gasteiger partial charge on any atom is -0.488 e. The van der Waals surface area contributed by atoms with E-state index >= 15 is 0 Å². The number of ketones is 1. The number of ether oxygens (including phenoxy) is 2. The fourth-order valence-corrected chi connectivity index (χ4v) is 3.38. The van der Waals surface area contributed by atoms with Gasteiger partial charge in [-0.25, -0.2) is 0 Å². The van der Waals surface area contributed by atoms with Crippen LogP contribution in [0, 0.1) is 13.8 Å². The summed E-state index contributed by atoms with van der Waals surface area (Å²) in [5, 5.41) is 0.663. The van der Waals surface area contributed by atoms with Gasteiger partial charge >= 0.3 is 0 Å². The first-order valence-electron chi connectivity index (χ1n) is 9.04. The number of aryl methyl sites for hydroxylation is 1. The van der Waals surface area contributed by atoms with E-state index in [0.29, 0.717) is 34.5 Å². The first-order valence-corrected chi connectivity index (χ1v) is 9.42. The molecule has 28 heavy (non-hydrogen) atoms. The highest BCUT2D eigenvalue weighted by Crippen LogP contribution is 2.39. The van der Waals surface area contributed by atoms with Gasteiger partial charge in [0.25, 0.3) is 0 Å². The quantitative estimate of drug-likeness (QED) is 0.501. The van der Waals surface area contributed by atoms with E-state index in [1.165, 1.54) is 0 Å². The number of carbonyl (C=O) groups excluding carboxylic acids is 1. The summed E-state index contributed by atoms with van der Waals surface area (Å²) in [5.74, 6) is 1.44. The van der Waals surface area contributed by atoms with Gasteiger partial charge in [0.15, 0.2) is 5.76 Å². The number of Topliss-reactive ketones (excluding diaryl/α,β-unsaturated/α-hetero) is 1. The second-order valence-corrected chi connectivity index (χ2v) is 7.15. The molecule has 3 aromatic carbocycles. The van der Waals surface area contributed by atoms with Crippen LogP contribution in [0.5, 0.6) is 11.5 Å². The molecule has 0 aromatic heterocycles. The number of halogens is 1. The molecule has 0 saturated carbocycles. The molecule has 0 fully saturated rings. The molecular formula is C24H19ClO3. The molecule has 4 heteroatoms. The Labute approximate surface area is 169 Å². The maximum atomic E-state index is 12.7. The third-order valence-corrected chi connectivity index (χ3v) is 5.22. The molecule has 0 bridgehead atoms. The molecule has 1 aliphatic rings. The van der Waals surface area contributed by atoms with Crippen molar-refractivity contribution in [3.8, 4) is 11.5 Å². The van der Waals surface area contributed by atoms with Crippen molar-refractivity contribution in [2.45, 2.75) is 20.5 Å². The number of rotatable bonds is 4. The maximum absolute atomic E-state index is 12.7. The average Bonchev–Trinajstić information content (AvgIpc) is 3.01. The summed E-state index contributed by atoms with van der Waals surface area (Å²) < 4.78 is 11.9. The van der Waals surface area contributed by atoms with E-state index in [4.69, 9.17) is 21.1 Å². The van der Waals surface area contributed by atoms with Crippen molar-refractivity contribution < 1.29 is 14.3 Å². The molecule has 0 amide bonds. The van der Waals surface area contributed by atoms with Crippen molar-refractivity contribution in [2.24, 2.45) is 0 Å². The topological polar surface area (TPSA) is 35.5 Å². The number of carbonyl (C=O) groups is 1. The van der Waals surface area contributed by atoms with Crippen LogP contribution in [0.15, 0.2) is 66.4 Å². The highest BCUT2D eigenvalue weighted by molar-refractivity contribution is 6.31. The molecule has 0 unspecified atom stereocenters. The first kappa shape index (κ1) is 18.3. The molecule has 3 aromatic rings. The molecule has 1 aliphatic heterocycles. The van der Waals surface area contributed by atoms with E-state index in [1.807, 2.05) is 68.4 Å². The van der Waals surface area contributed by atoms with Crippen LogP contribution in [0.4, 0.5) is 0 Å². The Morgan fingerprint density at radius 1 is 1.00 bits per heavy atom. The second kappa shape index (κ2) is 7.53. The number of hydrogen-bond acceptors (Lipinski definition) is 3. The zero-order chi connectivity index (χ0) is 19.7. The van der Waals surface area contributed by atoms with Gasteiger partial charge in [-0.2, -0.15) is 0 Å². The number of hydrogen-bond donors (Lipinski definition) is 0. The minimum absolute atomic E-state index is 0.112. The van der Waals surface area contributed by atoms with E-state index < -0.39 is 0 Å². The van der Waals surface area contributed by atoms with Gasteiger partial charge in [0, 0.05) is 16.1 Å². The Hall–Kier alpha value is -3.04. The zero-order valence-corrected chi connectivity index (χ0v) is 16.4. The second-order valence-electron chi connectivity index (χ2n) is 6.74. The molecule has 0 N–H and O–H groups in total. The fourth-order valence-electron chi connectivity index (χ4n) is 3.19. The van der Waals surface area contributed by atoms with Gasteiger partial charge in [0.05, 0.1) is 5.56 Å². The number of benzene rings is 3. The molecule has 0 spiro atoms. The monoisotopic (exact) mass is 390 g/mol. The summed E-state index contributed by atoms with van der Waals surface area (Å²) in [6.07, 6.45) is 1.79. The lowest BCUT2D eigenvalue weighted by Gasteiger charge is -2.12. The van der Waals surface area contributed by atoms with Crippen LogP contribution in [0.1, 0.15) is 32.6 Å². The third-order valence-electron chi connectivity index (χ3n) is 4.85. The van der Waals surface area contributed by atoms with E-state index in [-0.39, 0.29) is 5.78 Å². The lowest BCUT2D eigenvalue weighted by atomic mass is 10.0. The largest absolute Gasteiger partial charge is 0.488 e. The summed E-state index contributed by atoms with van der Waals surface area (Å²) in [6.45, 7) is 4.24.